The number of phosphoric ester groups is 1. The Morgan fingerprint density at radius 3 is 2.53 bits per heavy atom. The van der Waals surface area contributed by atoms with Crippen LogP contribution in [0, 0.1) is 0 Å². The molecular formula is C11H16ClFN5O11P3. The number of rotatable bonds is 9. The predicted molar refractivity (Wildman–Crippen MR) is 103 cm³/mol. The Morgan fingerprint density at radius 2 is 1.91 bits per heavy atom. The highest BCUT2D eigenvalue weighted by Crippen LogP contribution is 2.66. The molecule has 21 heteroatoms. The van der Waals surface area contributed by atoms with Crippen LogP contribution in [-0.4, -0.2) is 63.4 Å². The van der Waals surface area contributed by atoms with E-state index in [0.29, 0.717) is 0 Å². The van der Waals surface area contributed by atoms with Gasteiger partial charge in [0.05, 0.1) is 18.8 Å². The van der Waals surface area contributed by atoms with Gasteiger partial charge in [0.2, 0.25) is 0 Å². The highest BCUT2D eigenvalue weighted by atomic mass is 35.5. The Hall–Kier alpha value is -1.06. The Morgan fingerprint density at radius 1 is 1.22 bits per heavy atom. The van der Waals surface area contributed by atoms with Crippen molar-refractivity contribution in [1.29, 1.82) is 0 Å². The molecule has 2 unspecified atom stereocenters. The number of imidazole rings is 1. The number of halogens is 2. The molecule has 1 aliphatic rings. The van der Waals surface area contributed by atoms with E-state index in [4.69, 9.17) is 31.9 Å². The van der Waals surface area contributed by atoms with Crippen LogP contribution in [0.15, 0.2) is 12.7 Å². The number of fused-ring (bicyclic) bond motifs is 1. The molecule has 1 aliphatic heterocycles. The fourth-order valence-electron chi connectivity index (χ4n) is 2.84. The fourth-order valence-corrected chi connectivity index (χ4v) is 6.18. The van der Waals surface area contributed by atoms with E-state index in [1.807, 2.05) is 0 Å². The van der Waals surface area contributed by atoms with E-state index in [2.05, 4.69) is 28.1 Å². The van der Waals surface area contributed by atoms with Crippen LogP contribution in [-0.2, 0) is 31.6 Å². The molecule has 2 aromatic rings. The van der Waals surface area contributed by atoms with Gasteiger partial charge < -0.3 is 30.0 Å². The van der Waals surface area contributed by atoms with Crippen LogP contribution in [0.4, 0.5) is 10.2 Å². The molecule has 180 valence electrons. The van der Waals surface area contributed by atoms with Crippen LogP contribution in [0.2, 0.25) is 0 Å². The van der Waals surface area contributed by atoms with Crippen LogP contribution in [0.1, 0.15) is 12.6 Å². The lowest BCUT2D eigenvalue weighted by atomic mass is 10.0. The molecule has 0 radical (unpaired) electrons. The van der Waals surface area contributed by atoms with E-state index in [0.717, 1.165) is 6.33 Å². The zero-order valence-corrected chi connectivity index (χ0v) is 19.0. The first kappa shape index (κ1) is 25.6. The highest BCUT2D eigenvalue weighted by Gasteiger charge is 2.50. The molecule has 0 amide bonds. The lowest BCUT2D eigenvalue weighted by Crippen LogP contribution is -2.36. The van der Waals surface area contributed by atoms with Gasteiger partial charge in [0.15, 0.2) is 17.7 Å². The average molecular weight is 542 g/mol. The first-order valence-corrected chi connectivity index (χ1v) is 13.3. The normalized spacial score (nSPS) is 27.9. The van der Waals surface area contributed by atoms with Gasteiger partial charge in [-0.3, -0.25) is 9.09 Å². The van der Waals surface area contributed by atoms with Crippen LogP contribution < -0.4 is 5.73 Å². The van der Waals surface area contributed by atoms with E-state index >= 15 is 0 Å². The lowest BCUT2D eigenvalue weighted by Gasteiger charge is -2.27. The molecule has 1 fully saturated rings. The summed E-state index contributed by atoms with van der Waals surface area (Å²) in [4.78, 5) is 47.6. The third-order valence-corrected chi connectivity index (χ3v) is 8.33. The number of hydrogen-bond acceptors (Lipinski definition) is 11. The number of phosphoric acid groups is 3. The Labute approximate surface area is 182 Å². The summed E-state index contributed by atoms with van der Waals surface area (Å²) in [6.45, 7) is -0.916. The topological polar surface area (TPSA) is 239 Å². The standard InChI is InChI=1S/C11H16ClFN5O11P3/c12-2-11(3-26-31(22,23)29-32(24,25)28-30(19,20)21)1-6(13)10(27-11)18-5-17-7-8(14)15-4-16-9(7)18/h4-6,10H,1-3H2,(H,22,23)(H,24,25)(H2,14,15,16)(H2,19,20,21)/t6-,10+,11+/m0/s1. The summed E-state index contributed by atoms with van der Waals surface area (Å²) in [6.07, 6.45) is -1.21. The van der Waals surface area contributed by atoms with Gasteiger partial charge in [-0.15, -0.1) is 11.6 Å². The Balaban J connectivity index is 1.74. The number of nitrogen functional groups attached to an aromatic ring is 1. The van der Waals surface area contributed by atoms with Crippen molar-refractivity contribution in [1.82, 2.24) is 19.5 Å². The molecule has 0 aromatic carbocycles. The minimum atomic E-state index is -5.71. The first-order valence-electron chi connectivity index (χ1n) is 8.25. The van der Waals surface area contributed by atoms with E-state index in [-0.39, 0.29) is 17.0 Å². The van der Waals surface area contributed by atoms with Crippen molar-refractivity contribution in [3.63, 3.8) is 0 Å². The van der Waals surface area contributed by atoms with Gasteiger partial charge in [-0.1, -0.05) is 0 Å². The molecule has 16 nitrogen and oxygen atoms in total. The van der Waals surface area contributed by atoms with Gasteiger partial charge in [-0.05, 0) is 0 Å². The maximum atomic E-state index is 14.8. The summed E-state index contributed by atoms with van der Waals surface area (Å²) in [5, 5.41) is 0. The molecule has 0 bridgehead atoms. The van der Waals surface area contributed by atoms with Crippen molar-refractivity contribution in [3.05, 3.63) is 12.7 Å². The summed E-state index contributed by atoms with van der Waals surface area (Å²) in [5.41, 5.74) is 4.30. The van der Waals surface area contributed by atoms with Crippen molar-refractivity contribution < 1.29 is 55.5 Å². The second-order valence-electron chi connectivity index (χ2n) is 6.49. The van der Waals surface area contributed by atoms with Crippen LogP contribution in [0.5, 0.6) is 0 Å². The predicted octanol–water partition coefficient (Wildman–Crippen LogP) is 0.986. The molecular weight excluding hydrogens is 526 g/mol. The fraction of sp³-hybridized carbons (Fsp3) is 0.545. The largest absolute Gasteiger partial charge is 0.490 e. The summed E-state index contributed by atoms with van der Waals surface area (Å²) < 4.78 is 67.5. The monoisotopic (exact) mass is 541 g/mol. The van der Waals surface area contributed by atoms with Crippen molar-refractivity contribution in [2.75, 3.05) is 18.2 Å². The zero-order valence-electron chi connectivity index (χ0n) is 15.5. The number of hydrogen-bond donors (Lipinski definition) is 5. The van der Waals surface area contributed by atoms with Gasteiger partial charge in [-0.2, -0.15) is 8.62 Å². The van der Waals surface area contributed by atoms with Crippen LogP contribution >= 0.6 is 35.1 Å². The van der Waals surface area contributed by atoms with Crippen molar-refractivity contribution >= 4 is 52.1 Å². The zero-order chi connectivity index (χ0) is 23.9. The molecule has 0 saturated carbocycles. The summed E-state index contributed by atoms with van der Waals surface area (Å²) in [5.74, 6) is -0.415. The molecule has 0 aliphatic carbocycles. The van der Waals surface area contributed by atoms with E-state index in [1.165, 1.54) is 10.9 Å². The lowest BCUT2D eigenvalue weighted by molar-refractivity contribution is -0.0887. The van der Waals surface area contributed by atoms with Crippen molar-refractivity contribution in [3.8, 4) is 0 Å². The first-order chi connectivity index (χ1) is 14.7. The molecule has 0 spiro atoms. The summed E-state index contributed by atoms with van der Waals surface area (Å²) in [7, 11) is -16.7. The molecule has 3 rings (SSSR count). The Bertz CT molecular complexity index is 1150. The summed E-state index contributed by atoms with van der Waals surface area (Å²) in [6, 6.07) is 0. The molecule has 3 heterocycles. The van der Waals surface area contributed by atoms with Gasteiger partial charge in [0.1, 0.15) is 23.6 Å². The number of nitrogens with zero attached hydrogens (tertiary/aromatic N) is 4. The number of ether oxygens (including phenoxy) is 1. The molecule has 2 aromatic heterocycles. The third-order valence-electron chi connectivity index (χ3n) is 4.06. The van der Waals surface area contributed by atoms with Gasteiger partial charge in [0.25, 0.3) is 0 Å². The molecule has 32 heavy (non-hydrogen) atoms. The summed E-state index contributed by atoms with van der Waals surface area (Å²) >= 11 is 5.86. The van der Waals surface area contributed by atoms with Crippen LogP contribution in [0.3, 0.4) is 0 Å². The Kier molecular flexibility index (Phi) is 7.15. The van der Waals surface area contributed by atoms with Gasteiger partial charge in [0, 0.05) is 6.42 Å². The van der Waals surface area contributed by atoms with E-state index in [1.54, 1.807) is 0 Å². The highest BCUT2D eigenvalue weighted by molar-refractivity contribution is 7.66. The molecule has 1 saturated heterocycles. The molecule has 5 atom stereocenters. The number of nitrogens with two attached hydrogens (primary N) is 1. The maximum absolute atomic E-state index is 14.8. The third kappa shape index (κ3) is 5.89. The second-order valence-corrected chi connectivity index (χ2v) is 11.2. The quantitative estimate of drug-likeness (QED) is 0.219. The van der Waals surface area contributed by atoms with Gasteiger partial charge in [-0.25, -0.2) is 33.0 Å². The van der Waals surface area contributed by atoms with E-state index < -0.39 is 60.4 Å². The minimum Gasteiger partial charge on any atom is -0.382 e. The van der Waals surface area contributed by atoms with E-state index in [9.17, 15) is 27.9 Å². The smallest absolute Gasteiger partial charge is 0.382 e. The number of alkyl halides is 2. The van der Waals surface area contributed by atoms with Gasteiger partial charge >= 0.3 is 23.5 Å². The number of aromatic nitrogens is 4. The van der Waals surface area contributed by atoms with Crippen molar-refractivity contribution in [2.45, 2.75) is 24.4 Å². The molecule has 6 N–H and O–H groups in total. The average Bonchev–Trinajstić information content (AvgIpc) is 3.19. The second kappa shape index (κ2) is 8.95. The van der Waals surface area contributed by atoms with Crippen molar-refractivity contribution in [2.24, 2.45) is 0 Å². The SMILES string of the molecule is Nc1ncnc2c1ncn2[C@@H]1O[C@](CCl)(COP(=O)(O)OP(=O)(O)OP(=O)(O)O)C[C@@H]1F. The minimum absolute atomic E-state index is 0.0402. The number of anilines is 1. The van der Waals surface area contributed by atoms with Crippen LogP contribution in [0.25, 0.3) is 11.2 Å². The maximum Gasteiger partial charge on any atom is 0.490 e.